The second kappa shape index (κ2) is 6.79. The van der Waals surface area contributed by atoms with Crippen molar-refractivity contribution in [3.05, 3.63) is 57.7 Å². The number of hydrogen-bond acceptors (Lipinski definition) is 6. The lowest BCUT2D eigenvalue weighted by Crippen LogP contribution is -2.22. The van der Waals surface area contributed by atoms with Gasteiger partial charge in [-0.1, -0.05) is 11.6 Å². The number of allylic oxidation sites excluding steroid dienone is 2. The Morgan fingerprint density at radius 2 is 1.63 bits per heavy atom. The summed E-state index contributed by atoms with van der Waals surface area (Å²) in [6.07, 6.45) is 2.05. The molecule has 6 nitrogen and oxygen atoms in total. The molecule has 0 heterocycles. The van der Waals surface area contributed by atoms with E-state index in [1.807, 2.05) is 19.9 Å². The van der Waals surface area contributed by atoms with Crippen LogP contribution in [0.25, 0.3) is 0 Å². The minimum Gasteiger partial charge on any atom is -0.507 e. The van der Waals surface area contributed by atoms with Gasteiger partial charge in [0.05, 0.1) is 25.3 Å². The average Bonchev–Trinajstić information content (AvgIpc) is 2.64. The summed E-state index contributed by atoms with van der Waals surface area (Å²) in [5.41, 5.74) is 1.22. The molecular formula is C21H20O6. The van der Waals surface area contributed by atoms with E-state index in [2.05, 4.69) is 0 Å². The number of rotatable bonds is 4. The van der Waals surface area contributed by atoms with Gasteiger partial charge in [-0.05, 0) is 32.4 Å². The first kappa shape index (κ1) is 18.5. The number of methoxy groups -OCH3 is 2. The van der Waals surface area contributed by atoms with Crippen LogP contribution in [0, 0.1) is 0 Å². The normalized spacial score (nSPS) is 12.3. The van der Waals surface area contributed by atoms with Crippen molar-refractivity contribution >= 4 is 11.6 Å². The molecule has 0 aliphatic heterocycles. The predicted octanol–water partition coefficient (Wildman–Crippen LogP) is 3.40. The van der Waals surface area contributed by atoms with Crippen LogP contribution in [0.1, 0.15) is 51.3 Å². The average molecular weight is 368 g/mol. The molecule has 1 aliphatic rings. The molecule has 6 heteroatoms. The minimum absolute atomic E-state index is 0.0428. The SMILES string of the molecule is COc1cc(OC)c2c(c1)C(=O)c1cc(O)c(CC=C(C)C)c(O)c1C2=O. The van der Waals surface area contributed by atoms with Gasteiger partial charge >= 0.3 is 0 Å². The van der Waals surface area contributed by atoms with Gasteiger partial charge in [0.25, 0.3) is 0 Å². The summed E-state index contributed by atoms with van der Waals surface area (Å²) >= 11 is 0. The van der Waals surface area contributed by atoms with Gasteiger partial charge in [-0.3, -0.25) is 9.59 Å². The molecule has 140 valence electrons. The van der Waals surface area contributed by atoms with Gasteiger partial charge < -0.3 is 19.7 Å². The third kappa shape index (κ3) is 2.93. The predicted molar refractivity (Wildman–Crippen MR) is 99.3 cm³/mol. The van der Waals surface area contributed by atoms with Crippen LogP contribution in [0.3, 0.4) is 0 Å². The quantitative estimate of drug-likeness (QED) is 0.686. The Hall–Kier alpha value is -3.28. The van der Waals surface area contributed by atoms with Crippen molar-refractivity contribution in [1.82, 2.24) is 0 Å². The Bertz CT molecular complexity index is 996. The maximum atomic E-state index is 13.1. The smallest absolute Gasteiger partial charge is 0.201 e. The van der Waals surface area contributed by atoms with Crippen molar-refractivity contribution in [2.75, 3.05) is 14.2 Å². The number of phenolic OH excluding ortho intramolecular Hbond substituents is 2. The molecule has 0 fully saturated rings. The van der Waals surface area contributed by atoms with Crippen molar-refractivity contribution in [2.45, 2.75) is 20.3 Å². The molecule has 2 N–H and O–H groups in total. The van der Waals surface area contributed by atoms with Crippen molar-refractivity contribution in [3.63, 3.8) is 0 Å². The lowest BCUT2D eigenvalue weighted by atomic mass is 9.81. The van der Waals surface area contributed by atoms with Gasteiger partial charge in [-0.2, -0.15) is 0 Å². The number of carbonyl (C=O) groups is 2. The van der Waals surface area contributed by atoms with Crippen LogP contribution in [0.5, 0.6) is 23.0 Å². The summed E-state index contributed by atoms with van der Waals surface area (Å²) in [6, 6.07) is 4.20. The maximum absolute atomic E-state index is 13.1. The molecule has 0 saturated carbocycles. The van der Waals surface area contributed by atoms with Gasteiger partial charge in [-0.25, -0.2) is 0 Å². The molecule has 0 aromatic heterocycles. The molecule has 1 aliphatic carbocycles. The molecule has 0 bridgehead atoms. The lowest BCUT2D eigenvalue weighted by Gasteiger charge is -2.22. The molecule has 3 rings (SSSR count). The minimum atomic E-state index is -0.532. The summed E-state index contributed by atoms with van der Waals surface area (Å²) in [7, 11) is 2.83. The third-order valence-electron chi connectivity index (χ3n) is 4.57. The Kier molecular flexibility index (Phi) is 4.66. The Labute approximate surface area is 156 Å². The fourth-order valence-electron chi connectivity index (χ4n) is 3.16. The third-order valence-corrected chi connectivity index (χ3v) is 4.57. The Morgan fingerprint density at radius 1 is 0.963 bits per heavy atom. The van der Waals surface area contributed by atoms with E-state index in [0.29, 0.717) is 5.75 Å². The monoisotopic (exact) mass is 368 g/mol. The Morgan fingerprint density at radius 3 is 2.22 bits per heavy atom. The zero-order valence-corrected chi connectivity index (χ0v) is 15.5. The maximum Gasteiger partial charge on any atom is 0.201 e. The summed E-state index contributed by atoms with van der Waals surface area (Å²) in [6.45, 7) is 3.77. The van der Waals surface area contributed by atoms with Crippen molar-refractivity contribution in [1.29, 1.82) is 0 Å². The molecule has 27 heavy (non-hydrogen) atoms. The van der Waals surface area contributed by atoms with E-state index < -0.39 is 11.6 Å². The second-order valence-electron chi connectivity index (χ2n) is 6.54. The summed E-state index contributed by atoms with van der Waals surface area (Å²) in [4.78, 5) is 26.1. The van der Waals surface area contributed by atoms with Crippen LogP contribution >= 0.6 is 0 Å². The first-order valence-corrected chi connectivity index (χ1v) is 8.36. The summed E-state index contributed by atoms with van der Waals surface area (Å²) < 4.78 is 10.4. The van der Waals surface area contributed by atoms with Crippen molar-refractivity contribution in [2.24, 2.45) is 0 Å². The van der Waals surface area contributed by atoms with Crippen LogP contribution in [0.4, 0.5) is 0 Å². The van der Waals surface area contributed by atoms with Crippen LogP contribution < -0.4 is 9.47 Å². The number of phenols is 2. The van der Waals surface area contributed by atoms with Crippen molar-refractivity contribution < 1.29 is 29.3 Å². The number of ether oxygens (including phenoxy) is 2. The van der Waals surface area contributed by atoms with Gasteiger partial charge in [0.15, 0.2) is 5.78 Å². The Balaban J connectivity index is 2.27. The van der Waals surface area contributed by atoms with Crippen LogP contribution in [-0.4, -0.2) is 36.0 Å². The molecule has 0 unspecified atom stereocenters. The van der Waals surface area contributed by atoms with E-state index in [1.54, 1.807) is 0 Å². The van der Waals surface area contributed by atoms with Crippen LogP contribution in [-0.2, 0) is 6.42 Å². The fraction of sp³-hybridized carbons (Fsp3) is 0.238. The fourth-order valence-corrected chi connectivity index (χ4v) is 3.16. The standard InChI is InChI=1S/C21H20O6/c1-10(2)5-6-12-15(22)9-14-18(20(12)24)21(25)17-13(19(14)23)7-11(26-3)8-16(17)27-4/h5,7-9,22,24H,6H2,1-4H3. The van der Waals surface area contributed by atoms with Crippen molar-refractivity contribution in [3.8, 4) is 23.0 Å². The topological polar surface area (TPSA) is 93.1 Å². The van der Waals surface area contributed by atoms with Gasteiger partial charge in [0, 0.05) is 22.8 Å². The number of benzene rings is 2. The zero-order valence-electron chi connectivity index (χ0n) is 15.5. The first-order valence-electron chi connectivity index (χ1n) is 8.36. The van der Waals surface area contributed by atoms with Gasteiger partial charge in [0.2, 0.25) is 5.78 Å². The molecule has 0 saturated heterocycles. The van der Waals surface area contributed by atoms with E-state index in [4.69, 9.17) is 9.47 Å². The van der Waals surface area contributed by atoms with E-state index in [0.717, 1.165) is 5.57 Å². The highest BCUT2D eigenvalue weighted by Gasteiger charge is 2.37. The molecular weight excluding hydrogens is 348 g/mol. The van der Waals surface area contributed by atoms with E-state index >= 15 is 0 Å². The van der Waals surface area contributed by atoms with E-state index in [1.165, 1.54) is 32.4 Å². The number of ketones is 2. The first-order chi connectivity index (χ1) is 12.8. The number of carbonyl (C=O) groups excluding carboxylic acids is 2. The van der Waals surface area contributed by atoms with E-state index in [9.17, 15) is 19.8 Å². The molecule has 0 radical (unpaired) electrons. The van der Waals surface area contributed by atoms with Crippen LogP contribution in [0.15, 0.2) is 29.8 Å². The largest absolute Gasteiger partial charge is 0.507 e. The molecule has 0 amide bonds. The molecule has 0 atom stereocenters. The van der Waals surface area contributed by atoms with Crippen LogP contribution in [0.2, 0.25) is 0 Å². The number of hydrogen-bond donors (Lipinski definition) is 2. The highest BCUT2D eigenvalue weighted by Crippen LogP contribution is 2.43. The lowest BCUT2D eigenvalue weighted by molar-refractivity contribution is 0.0973. The number of aromatic hydroxyl groups is 2. The number of fused-ring (bicyclic) bond motifs is 2. The highest BCUT2D eigenvalue weighted by atomic mass is 16.5. The molecule has 0 spiro atoms. The zero-order chi connectivity index (χ0) is 19.9. The summed E-state index contributed by atoms with van der Waals surface area (Å²) in [5, 5.41) is 21.0. The molecule has 2 aromatic rings. The van der Waals surface area contributed by atoms with Gasteiger partial charge in [-0.15, -0.1) is 0 Å². The summed E-state index contributed by atoms with van der Waals surface area (Å²) in [5.74, 6) is -1.09. The van der Waals surface area contributed by atoms with Gasteiger partial charge in [0.1, 0.15) is 23.0 Å². The highest BCUT2D eigenvalue weighted by molar-refractivity contribution is 6.30. The second-order valence-corrected chi connectivity index (χ2v) is 6.54. The van der Waals surface area contributed by atoms with E-state index in [-0.39, 0.29) is 51.5 Å². The molecule has 2 aromatic carbocycles.